The maximum atomic E-state index is 2.26. The second-order valence-electron chi connectivity index (χ2n) is 7.33. The Bertz CT molecular complexity index is 792. The van der Waals surface area contributed by atoms with Crippen LogP contribution in [0, 0.1) is 0 Å². The van der Waals surface area contributed by atoms with Crippen molar-refractivity contribution in [1.29, 1.82) is 0 Å². The van der Waals surface area contributed by atoms with E-state index in [0.717, 1.165) is 12.8 Å². The van der Waals surface area contributed by atoms with Gasteiger partial charge in [0, 0.05) is 11.8 Å². The maximum absolute atomic E-state index is 2.26. The summed E-state index contributed by atoms with van der Waals surface area (Å²) in [5.41, 5.74) is 5.59. The third-order valence-electron chi connectivity index (χ3n) is 5.55. The molecule has 0 spiro atoms. The average Bonchev–Trinajstić information content (AvgIpc) is 2.79. The van der Waals surface area contributed by atoms with Gasteiger partial charge in [0.2, 0.25) is 0 Å². The van der Waals surface area contributed by atoms with Crippen molar-refractivity contribution < 1.29 is 0 Å². The minimum Gasteiger partial charge on any atom is -0.0622 e. The molecule has 2 heteroatoms. The summed E-state index contributed by atoms with van der Waals surface area (Å²) in [7, 11) is 0. The van der Waals surface area contributed by atoms with E-state index in [4.69, 9.17) is 0 Å². The first kappa shape index (κ1) is 25.1. The molecule has 0 saturated carbocycles. The van der Waals surface area contributed by atoms with Gasteiger partial charge >= 0.3 is 59.1 Å². The van der Waals surface area contributed by atoms with Gasteiger partial charge in [0.05, 0.1) is 0 Å². The molecule has 30 heavy (non-hydrogen) atoms. The molecule has 0 amide bonds. The molecule has 0 heterocycles. The van der Waals surface area contributed by atoms with Crippen LogP contribution >= 0.6 is 0 Å². The number of hydrogen-bond donors (Lipinski definition) is 0. The van der Waals surface area contributed by atoms with Crippen LogP contribution in [0.15, 0.2) is 121 Å². The minimum absolute atomic E-state index is 0. The van der Waals surface area contributed by atoms with Crippen molar-refractivity contribution in [2.24, 2.45) is 0 Å². The summed E-state index contributed by atoms with van der Waals surface area (Å²) in [5, 5.41) is 0. The summed E-state index contributed by atoms with van der Waals surface area (Å²) in [6.07, 6.45) is 2.23. The normalized spacial score (nSPS) is 10.3. The Morgan fingerprint density at radius 2 is 0.533 bits per heavy atom. The third kappa shape index (κ3) is 6.69. The van der Waals surface area contributed by atoms with E-state index in [9.17, 15) is 0 Å². The van der Waals surface area contributed by atoms with Crippen molar-refractivity contribution in [3.05, 3.63) is 144 Å². The Morgan fingerprint density at radius 1 is 0.333 bits per heavy atom. The molecule has 0 nitrogen and oxygen atoms in total. The zero-order valence-electron chi connectivity index (χ0n) is 16.1. The fourth-order valence-corrected chi connectivity index (χ4v) is 4.13. The summed E-state index contributed by atoms with van der Waals surface area (Å²) in [6.45, 7) is 0. The van der Waals surface area contributed by atoms with Crippen molar-refractivity contribution in [3.8, 4) is 0 Å². The molecular weight excluding hydrogens is 382 g/mol. The summed E-state index contributed by atoms with van der Waals surface area (Å²) < 4.78 is 0. The third-order valence-corrected chi connectivity index (χ3v) is 5.55. The average molecular weight is 411 g/mol. The quantitative estimate of drug-likeness (QED) is 0.321. The molecule has 0 fully saturated rings. The molecule has 0 aliphatic heterocycles. The molecule has 0 saturated heterocycles. The summed E-state index contributed by atoms with van der Waals surface area (Å²) in [5.74, 6) is 0.828. The van der Waals surface area contributed by atoms with Gasteiger partial charge in [0.1, 0.15) is 0 Å². The van der Waals surface area contributed by atoms with E-state index >= 15 is 0 Å². The van der Waals surface area contributed by atoms with E-state index < -0.39 is 0 Å². The van der Waals surface area contributed by atoms with Gasteiger partial charge in [-0.1, -0.05) is 121 Å². The summed E-state index contributed by atoms with van der Waals surface area (Å²) in [6, 6.07) is 43.7. The summed E-state index contributed by atoms with van der Waals surface area (Å²) >= 11 is 0. The van der Waals surface area contributed by atoms with Crippen molar-refractivity contribution in [2.75, 3.05) is 0 Å². The fourth-order valence-electron chi connectivity index (χ4n) is 4.13. The Morgan fingerprint density at radius 3 is 0.733 bits per heavy atom. The van der Waals surface area contributed by atoms with E-state index in [2.05, 4.69) is 121 Å². The van der Waals surface area contributed by atoms with Crippen molar-refractivity contribution in [2.45, 2.75) is 24.7 Å². The van der Waals surface area contributed by atoms with E-state index in [1.807, 2.05) is 0 Å². The molecule has 0 radical (unpaired) electrons. The first-order valence-electron chi connectivity index (χ1n) is 10.1. The van der Waals surface area contributed by atoms with Crippen LogP contribution in [0.1, 0.15) is 46.9 Å². The predicted octanol–water partition coefficient (Wildman–Crippen LogP) is 6.13. The second-order valence-corrected chi connectivity index (χ2v) is 7.33. The molecule has 4 rings (SSSR count). The van der Waals surface area contributed by atoms with Crippen LogP contribution in [0.4, 0.5) is 0 Å². The van der Waals surface area contributed by atoms with Gasteiger partial charge in [0.15, 0.2) is 0 Å². The van der Waals surface area contributed by atoms with Crippen molar-refractivity contribution in [1.82, 2.24) is 0 Å². The number of hydrogen-bond acceptors (Lipinski definition) is 0. The van der Waals surface area contributed by atoms with Crippen LogP contribution in [-0.4, -0.2) is 59.1 Å². The fraction of sp³-hybridized carbons (Fsp3) is 0.143. The second kappa shape index (κ2) is 13.3. The van der Waals surface area contributed by atoms with Gasteiger partial charge in [-0.2, -0.15) is 0 Å². The maximum Gasteiger partial charge on any atom is 0.00896 e. The first-order valence-corrected chi connectivity index (χ1v) is 10.1. The van der Waals surface area contributed by atoms with Gasteiger partial charge in [-0.3, -0.25) is 0 Å². The van der Waals surface area contributed by atoms with E-state index in [1.165, 1.54) is 22.3 Å². The predicted molar refractivity (Wildman–Crippen MR) is 133 cm³/mol. The molecular formula is C28H28Na2. The first-order chi connectivity index (χ1) is 13.9. The zero-order chi connectivity index (χ0) is 19.0. The molecule has 4 aromatic carbocycles. The Labute approximate surface area is 225 Å². The molecule has 0 N–H and O–H groups in total. The van der Waals surface area contributed by atoms with E-state index in [0.29, 0.717) is 11.8 Å². The Hall–Kier alpha value is -1.12. The van der Waals surface area contributed by atoms with Crippen LogP contribution in [0.25, 0.3) is 0 Å². The van der Waals surface area contributed by atoms with E-state index in [1.54, 1.807) is 0 Å². The molecule has 0 atom stereocenters. The van der Waals surface area contributed by atoms with Crippen LogP contribution in [0.3, 0.4) is 0 Å². The SMILES string of the molecule is [NaH].[NaH].c1ccc(C(CCC(c2ccccc2)c2ccccc2)c2ccccc2)cc1. The van der Waals surface area contributed by atoms with Gasteiger partial charge in [-0.15, -0.1) is 0 Å². The van der Waals surface area contributed by atoms with Gasteiger partial charge in [-0.25, -0.2) is 0 Å². The van der Waals surface area contributed by atoms with Gasteiger partial charge in [-0.05, 0) is 35.1 Å². The monoisotopic (exact) mass is 410 g/mol. The number of rotatable bonds is 7. The van der Waals surface area contributed by atoms with Crippen LogP contribution in [0.5, 0.6) is 0 Å². The van der Waals surface area contributed by atoms with Gasteiger partial charge < -0.3 is 0 Å². The summed E-state index contributed by atoms with van der Waals surface area (Å²) in [4.78, 5) is 0. The molecule has 0 bridgehead atoms. The molecule has 4 aromatic rings. The van der Waals surface area contributed by atoms with Crippen LogP contribution in [0.2, 0.25) is 0 Å². The minimum atomic E-state index is 0. The standard InChI is InChI=1S/C28H26.2Na.2H/c1-5-13-23(14-6-1)27(24-15-7-2-8-16-24)21-22-28(25-17-9-3-10-18-25)26-19-11-4-12-20-26;;;;/h1-20,27-28H,21-22H2;;;;. The molecule has 142 valence electrons. The topological polar surface area (TPSA) is 0 Å². The van der Waals surface area contributed by atoms with Crippen LogP contribution in [-0.2, 0) is 0 Å². The largest absolute Gasteiger partial charge is 0.0622 e. The molecule has 0 aliphatic rings. The smallest absolute Gasteiger partial charge is 0.00896 e. The van der Waals surface area contributed by atoms with Crippen molar-refractivity contribution in [3.63, 3.8) is 0 Å². The number of benzene rings is 4. The van der Waals surface area contributed by atoms with Crippen molar-refractivity contribution >= 4 is 59.1 Å². The van der Waals surface area contributed by atoms with Crippen LogP contribution < -0.4 is 0 Å². The van der Waals surface area contributed by atoms with Gasteiger partial charge in [0.25, 0.3) is 0 Å². The molecule has 0 aromatic heterocycles. The molecule has 0 aliphatic carbocycles. The Balaban J connectivity index is 0.00000160. The molecule has 0 unspecified atom stereocenters. The van der Waals surface area contributed by atoms with E-state index in [-0.39, 0.29) is 59.1 Å². The zero-order valence-corrected chi connectivity index (χ0v) is 16.1. The Kier molecular flexibility index (Phi) is 11.2.